The summed E-state index contributed by atoms with van der Waals surface area (Å²) in [5.74, 6) is 1.16. The van der Waals surface area contributed by atoms with Crippen LogP contribution in [-0.2, 0) is 0 Å². The molecule has 0 atom stereocenters. The van der Waals surface area contributed by atoms with Crippen LogP contribution >= 0.6 is 0 Å². The Morgan fingerprint density at radius 1 is 0.650 bits per heavy atom. The fraction of sp³-hybridized carbons (Fsp3) is 0.333. The molecule has 0 aliphatic rings. The van der Waals surface area contributed by atoms with Crippen molar-refractivity contribution < 1.29 is 10.2 Å². The third kappa shape index (κ3) is 2.79. The molecule has 0 aliphatic carbocycles. The fourth-order valence-corrected chi connectivity index (χ4v) is 2.27. The van der Waals surface area contributed by atoms with E-state index < -0.39 is 0 Å². The van der Waals surface area contributed by atoms with Crippen molar-refractivity contribution in [1.82, 2.24) is 0 Å². The Balaban J connectivity index is 2.46. The van der Waals surface area contributed by atoms with Gasteiger partial charge in [-0.1, -0.05) is 52.0 Å². The Labute approximate surface area is 120 Å². The summed E-state index contributed by atoms with van der Waals surface area (Å²) in [5.41, 5.74) is 3.51. The molecular weight excluding hydrogens is 248 g/mol. The summed E-state index contributed by atoms with van der Waals surface area (Å²) >= 11 is 0. The highest BCUT2D eigenvalue weighted by atomic mass is 16.3. The second-order valence-electron chi connectivity index (χ2n) is 5.86. The highest BCUT2D eigenvalue weighted by molar-refractivity contribution is 5.76. The van der Waals surface area contributed by atoms with Gasteiger partial charge >= 0.3 is 0 Å². The van der Waals surface area contributed by atoms with Gasteiger partial charge in [-0.3, -0.25) is 0 Å². The van der Waals surface area contributed by atoms with Crippen LogP contribution in [0.5, 0.6) is 11.5 Å². The molecule has 2 aromatic carbocycles. The first-order valence-electron chi connectivity index (χ1n) is 7.06. The molecule has 0 heterocycles. The number of aromatic hydroxyl groups is 2. The predicted molar refractivity (Wildman–Crippen MR) is 83.4 cm³/mol. The fourth-order valence-electron chi connectivity index (χ4n) is 2.27. The average Bonchev–Trinajstić information content (AvgIpc) is 2.38. The minimum atomic E-state index is 0.212. The van der Waals surface area contributed by atoms with Gasteiger partial charge in [-0.25, -0.2) is 0 Å². The lowest BCUT2D eigenvalue weighted by Gasteiger charge is -2.13. The smallest absolute Gasteiger partial charge is 0.123 e. The Morgan fingerprint density at radius 3 is 1.25 bits per heavy atom. The van der Waals surface area contributed by atoms with Crippen molar-refractivity contribution in [3.05, 3.63) is 47.5 Å². The van der Waals surface area contributed by atoms with Gasteiger partial charge < -0.3 is 10.2 Å². The number of phenolic OH excluding ortho intramolecular Hbond substituents is 2. The van der Waals surface area contributed by atoms with Crippen LogP contribution in [0.2, 0.25) is 0 Å². The van der Waals surface area contributed by atoms with E-state index in [0.29, 0.717) is 23.0 Å². The van der Waals surface area contributed by atoms with Crippen LogP contribution in [0.25, 0.3) is 11.1 Å². The van der Waals surface area contributed by atoms with E-state index in [1.165, 1.54) is 0 Å². The van der Waals surface area contributed by atoms with E-state index in [2.05, 4.69) is 27.7 Å². The monoisotopic (exact) mass is 270 g/mol. The van der Waals surface area contributed by atoms with E-state index >= 15 is 0 Å². The third-order valence-corrected chi connectivity index (χ3v) is 3.67. The summed E-state index contributed by atoms with van der Waals surface area (Å²) in [4.78, 5) is 0. The van der Waals surface area contributed by atoms with E-state index in [1.807, 2.05) is 24.3 Å². The quantitative estimate of drug-likeness (QED) is 0.822. The van der Waals surface area contributed by atoms with Crippen molar-refractivity contribution in [1.29, 1.82) is 0 Å². The van der Waals surface area contributed by atoms with Gasteiger partial charge in [0.1, 0.15) is 11.5 Å². The lowest BCUT2D eigenvalue weighted by molar-refractivity contribution is 0.468. The van der Waals surface area contributed by atoms with Crippen molar-refractivity contribution in [2.45, 2.75) is 39.5 Å². The maximum Gasteiger partial charge on any atom is 0.123 e. The summed E-state index contributed by atoms with van der Waals surface area (Å²) in [6.07, 6.45) is 0. The van der Waals surface area contributed by atoms with Crippen LogP contribution < -0.4 is 0 Å². The van der Waals surface area contributed by atoms with E-state index in [9.17, 15) is 10.2 Å². The first kappa shape index (κ1) is 14.4. The van der Waals surface area contributed by atoms with Crippen LogP contribution in [0.1, 0.15) is 50.7 Å². The molecule has 0 fully saturated rings. The van der Waals surface area contributed by atoms with Crippen molar-refractivity contribution in [3.8, 4) is 22.6 Å². The summed E-state index contributed by atoms with van der Waals surface area (Å²) < 4.78 is 0. The molecule has 2 N–H and O–H groups in total. The summed E-state index contributed by atoms with van der Waals surface area (Å²) in [5, 5.41) is 20.4. The lowest BCUT2D eigenvalue weighted by atomic mass is 9.95. The number of hydrogen-bond acceptors (Lipinski definition) is 2. The first-order valence-corrected chi connectivity index (χ1v) is 7.06. The van der Waals surface area contributed by atoms with Gasteiger partial charge in [0.15, 0.2) is 0 Å². The average molecular weight is 270 g/mol. The molecule has 0 aromatic heterocycles. The van der Waals surface area contributed by atoms with Crippen molar-refractivity contribution >= 4 is 0 Å². The molecule has 0 bridgehead atoms. The van der Waals surface area contributed by atoms with Gasteiger partial charge in [-0.05, 0) is 35.1 Å². The molecule has 0 saturated heterocycles. The minimum absolute atomic E-state index is 0.212. The Bertz CT molecular complexity index is 557. The molecule has 20 heavy (non-hydrogen) atoms. The maximum atomic E-state index is 10.2. The molecule has 0 unspecified atom stereocenters. The molecule has 0 aliphatic heterocycles. The Kier molecular flexibility index (Phi) is 4.03. The molecule has 106 valence electrons. The van der Waals surface area contributed by atoms with Crippen molar-refractivity contribution in [2.24, 2.45) is 0 Å². The van der Waals surface area contributed by atoms with E-state index in [1.54, 1.807) is 12.1 Å². The molecule has 2 rings (SSSR count). The van der Waals surface area contributed by atoms with Crippen molar-refractivity contribution in [3.63, 3.8) is 0 Å². The van der Waals surface area contributed by atoms with Gasteiger partial charge in [0.25, 0.3) is 0 Å². The molecule has 0 amide bonds. The SMILES string of the molecule is CC(C)c1ccc(-c2ccc(C(C)C)cc2O)c(O)c1. The summed E-state index contributed by atoms with van der Waals surface area (Å²) in [7, 11) is 0. The number of hydrogen-bond donors (Lipinski definition) is 2. The zero-order chi connectivity index (χ0) is 14.9. The predicted octanol–water partition coefficient (Wildman–Crippen LogP) is 5.01. The van der Waals surface area contributed by atoms with Gasteiger partial charge in [0.05, 0.1) is 0 Å². The second-order valence-corrected chi connectivity index (χ2v) is 5.86. The highest BCUT2D eigenvalue weighted by Crippen LogP contribution is 2.38. The normalized spacial score (nSPS) is 11.3. The number of rotatable bonds is 3. The minimum Gasteiger partial charge on any atom is -0.507 e. The molecule has 0 radical (unpaired) electrons. The Hall–Kier alpha value is -1.96. The molecule has 0 saturated carbocycles. The van der Waals surface area contributed by atoms with E-state index in [-0.39, 0.29) is 11.5 Å². The van der Waals surface area contributed by atoms with Gasteiger partial charge in [0, 0.05) is 11.1 Å². The molecule has 2 nitrogen and oxygen atoms in total. The third-order valence-electron chi connectivity index (χ3n) is 3.67. The first-order chi connectivity index (χ1) is 9.40. The van der Waals surface area contributed by atoms with Crippen molar-refractivity contribution in [2.75, 3.05) is 0 Å². The van der Waals surface area contributed by atoms with Gasteiger partial charge in [-0.2, -0.15) is 0 Å². The van der Waals surface area contributed by atoms with Crippen LogP contribution in [-0.4, -0.2) is 10.2 Å². The van der Waals surface area contributed by atoms with Crippen LogP contribution in [0.3, 0.4) is 0 Å². The lowest BCUT2D eigenvalue weighted by Crippen LogP contribution is -1.90. The van der Waals surface area contributed by atoms with Gasteiger partial charge in [0.2, 0.25) is 0 Å². The topological polar surface area (TPSA) is 40.5 Å². The van der Waals surface area contributed by atoms with Gasteiger partial charge in [-0.15, -0.1) is 0 Å². The van der Waals surface area contributed by atoms with E-state index in [4.69, 9.17) is 0 Å². The molecule has 0 spiro atoms. The standard InChI is InChI=1S/C18H22O2/c1-11(2)13-5-7-15(17(19)9-13)16-8-6-14(12(3)4)10-18(16)20/h5-12,19-20H,1-4H3. The largest absolute Gasteiger partial charge is 0.507 e. The van der Waals surface area contributed by atoms with Crippen LogP contribution in [0.4, 0.5) is 0 Å². The zero-order valence-corrected chi connectivity index (χ0v) is 12.5. The number of benzene rings is 2. The maximum absolute atomic E-state index is 10.2. The van der Waals surface area contributed by atoms with E-state index in [0.717, 1.165) is 11.1 Å². The van der Waals surface area contributed by atoms with Crippen LogP contribution in [0, 0.1) is 0 Å². The summed E-state index contributed by atoms with van der Waals surface area (Å²) in [6, 6.07) is 11.3. The second kappa shape index (κ2) is 5.58. The summed E-state index contributed by atoms with van der Waals surface area (Å²) in [6.45, 7) is 8.35. The molecular formula is C18H22O2. The molecule has 2 heteroatoms. The Morgan fingerprint density at radius 2 is 1.00 bits per heavy atom. The highest BCUT2D eigenvalue weighted by Gasteiger charge is 2.12. The van der Waals surface area contributed by atoms with Crippen LogP contribution in [0.15, 0.2) is 36.4 Å². The zero-order valence-electron chi connectivity index (χ0n) is 12.5. The molecule has 2 aromatic rings. The number of phenols is 2.